The molecule has 88 valence electrons. The van der Waals surface area contributed by atoms with E-state index in [-0.39, 0.29) is 0 Å². The summed E-state index contributed by atoms with van der Waals surface area (Å²) in [7, 11) is 1.95. The molecule has 3 aromatic rings. The van der Waals surface area contributed by atoms with Gasteiger partial charge in [-0.05, 0) is 28.1 Å². The standard InChI is InChI=1S/C11H10BrClN4/c1-16-8(5-14)10(12)17-7-4-2-3-6(13)9(7)15-11(16)17/h2-4H,5,14H2,1H3. The third-order valence-electron chi connectivity index (χ3n) is 2.95. The molecule has 0 aliphatic heterocycles. The smallest absolute Gasteiger partial charge is 0.215 e. The van der Waals surface area contributed by atoms with Crippen molar-refractivity contribution in [1.82, 2.24) is 14.0 Å². The molecule has 0 amide bonds. The van der Waals surface area contributed by atoms with E-state index in [4.69, 9.17) is 17.3 Å². The Kier molecular flexibility index (Phi) is 2.43. The van der Waals surface area contributed by atoms with Gasteiger partial charge in [-0.25, -0.2) is 4.98 Å². The van der Waals surface area contributed by atoms with Gasteiger partial charge in [0.1, 0.15) is 10.1 Å². The molecular formula is C11H10BrClN4. The molecule has 0 bridgehead atoms. The Morgan fingerprint density at radius 1 is 1.47 bits per heavy atom. The van der Waals surface area contributed by atoms with Crippen molar-refractivity contribution < 1.29 is 0 Å². The van der Waals surface area contributed by atoms with Crippen LogP contribution in [0.3, 0.4) is 0 Å². The second kappa shape index (κ2) is 3.73. The van der Waals surface area contributed by atoms with E-state index in [0.29, 0.717) is 11.6 Å². The first-order valence-electron chi connectivity index (χ1n) is 5.15. The van der Waals surface area contributed by atoms with E-state index in [0.717, 1.165) is 27.1 Å². The molecule has 0 saturated heterocycles. The highest BCUT2D eigenvalue weighted by molar-refractivity contribution is 9.10. The normalized spacial score (nSPS) is 11.8. The van der Waals surface area contributed by atoms with Gasteiger partial charge in [0.15, 0.2) is 0 Å². The summed E-state index contributed by atoms with van der Waals surface area (Å²) in [5, 5.41) is 0.660. The fraction of sp³-hybridized carbons (Fsp3) is 0.182. The minimum Gasteiger partial charge on any atom is -0.325 e. The quantitative estimate of drug-likeness (QED) is 0.751. The number of fused-ring (bicyclic) bond motifs is 3. The molecule has 0 aliphatic rings. The van der Waals surface area contributed by atoms with Crippen LogP contribution in [0.4, 0.5) is 0 Å². The van der Waals surface area contributed by atoms with Gasteiger partial charge in [0, 0.05) is 13.6 Å². The van der Waals surface area contributed by atoms with E-state index in [2.05, 4.69) is 20.9 Å². The van der Waals surface area contributed by atoms with Crippen molar-refractivity contribution in [3.05, 3.63) is 33.5 Å². The number of nitrogens with zero attached hydrogens (tertiary/aromatic N) is 3. The molecule has 0 spiro atoms. The first-order chi connectivity index (χ1) is 8.15. The highest BCUT2D eigenvalue weighted by atomic mass is 79.9. The van der Waals surface area contributed by atoms with Crippen LogP contribution < -0.4 is 5.73 Å². The van der Waals surface area contributed by atoms with Crippen LogP contribution in [0, 0.1) is 0 Å². The van der Waals surface area contributed by atoms with Crippen LogP contribution in [0.25, 0.3) is 16.8 Å². The highest BCUT2D eigenvalue weighted by Crippen LogP contribution is 2.29. The molecule has 0 unspecified atom stereocenters. The maximum Gasteiger partial charge on any atom is 0.215 e. The number of aromatic nitrogens is 3. The number of rotatable bonds is 1. The van der Waals surface area contributed by atoms with Crippen LogP contribution in [-0.2, 0) is 13.6 Å². The monoisotopic (exact) mass is 312 g/mol. The lowest BCUT2D eigenvalue weighted by Gasteiger charge is -1.99. The topological polar surface area (TPSA) is 48.2 Å². The van der Waals surface area contributed by atoms with Gasteiger partial charge in [0.25, 0.3) is 0 Å². The Balaban J connectivity index is 2.57. The van der Waals surface area contributed by atoms with Gasteiger partial charge in [-0.2, -0.15) is 0 Å². The molecule has 2 heterocycles. The Morgan fingerprint density at radius 3 is 2.94 bits per heavy atom. The van der Waals surface area contributed by atoms with E-state index in [1.165, 1.54) is 0 Å². The third-order valence-corrected chi connectivity index (χ3v) is 4.07. The Bertz CT molecular complexity index is 728. The van der Waals surface area contributed by atoms with E-state index in [1.54, 1.807) is 0 Å². The number of hydrogen-bond donors (Lipinski definition) is 1. The zero-order valence-electron chi connectivity index (χ0n) is 9.11. The van der Waals surface area contributed by atoms with Gasteiger partial charge >= 0.3 is 0 Å². The molecule has 1 aromatic carbocycles. The summed E-state index contributed by atoms with van der Waals surface area (Å²) >= 11 is 9.71. The van der Waals surface area contributed by atoms with Crippen LogP contribution >= 0.6 is 27.5 Å². The summed E-state index contributed by atoms with van der Waals surface area (Å²) in [6.45, 7) is 0.461. The van der Waals surface area contributed by atoms with Crippen LogP contribution in [0.1, 0.15) is 5.69 Å². The summed E-state index contributed by atoms with van der Waals surface area (Å²) in [5.41, 5.74) is 8.53. The Labute approximate surface area is 111 Å². The molecule has 4 nitrogen and oxygen atoms in total. The number of para-hydroxylation sites is 1. The third kappa shape index (κ3) is 1.36. The fourth-order valence-corrected chi connectivity index (χ4v) is 3.07. The summed E-state index contributed by atoms with van der Waals surface area (Å²) in [6.07, 6.45) is 0. The summed E-state index contributed by atoms with van der Waals surface area (Å²) in [5.74, 6) is 0.834. The number of nitrogens with two attached hydrogens (primary N) is 1. The minimum atomic E-state index is 0.461. The summed E-state index contributed by atoms with van der Waals surface area (Å²) < 4.78 is 4.92. The van der Waals surface area contributed by atoms with Crippen LogP contribution in [-0.4, -0.2) is 14.0 Å². The predicted octanol–water partition coefficient (Wildman–Crippen LogP) is 2.70. The van der Waals surface area contributed by atoms with Gasteiger partial charge in [-0.3, -0.25) is 4.40 Å². The fourth-order valence-electron chi connectivity index (χ4n) is 2.08. The average Bonchev–Trinajstić information content (AvgIpc) is 2.79. The Hall–Kier alpha value is -1.04. The van der Waals surface area contributed by atoms with Gasteiger partial charge in [-0.1, -0.05) is 17.7 Å². The van der Waals surface area contributed by atoms with Gasteiger partial charge in [-0.15, -0.1) is 0 Å². The first kappa shape index (κ1) is 11.1. The molecule has 0 aliphatic carbocycles. The van der Waals surface area contributed by atoms with Gasteiger partial charge in [0.05, 0.1) is 16.2 Å². The lowest BCUT2D eigenvalue weighted by atomic mass is 10.3. The molecule has 2 N–H and O–H groups in total. The molecule has 6 heteroatoms. The summed E-state index contributed by atoms with van der Waals surface area (Å²) in [4.78, 5) is 4.55. The second-order valence-electron chi connectivity index (χ2n) is 3.86. The number of hydrogen-bond acceptors (Lipinski definition) is 2. The van der Waals surface area contributed by atoms with Crippen molar-refractivity contribution in [2.75, 3.05) is 0 Å². The molecule has 0 radical (unpaired) electrons. The van der Waals surface area contributed by atoms with Crippen molar-refractivity contribution in [2.24, 2.45) is 12.8 Å². The van der Waals surface area contributed by atoms with E-state index < -0.39 is 0 Å². The highest BCUT2D eigenvalue weighted by Gasteiger charge is 2.17. The number of imidazole rings is 2. The van der Waals surface area contributed by atoms with Crippen molar-refractivity contribution in [3.63, 3.8) is 0 Å². The first-order valence-corrected chi connectivity index (χ1v) is 6.32. The maximum absolute atomic E-state index is 6.14. The zero-order chi connectivity index (χ0) is 12.2. The molecular weight excluding hydrogens is 304 g/mol. The molecule has 2 aromatic heterocycles. The zero-order valence-corrected chi connectivity index (χ0v) is 11.5. The van der Waals surface area contributed by atoms with E-state index in [9.17, 15) is 0 Å². The lowest BCUT2D eigenvalue weighted by molar-refractivity contribution is 0.836. The van der Waals surface area contributed by atoms with E-state index in [1.807, 2.05) is 34.2 Å². The van der Waals surface area contributed by atoms with Gasteiger partial charge < -0.3 is 10.3 Å². The molecule has 0 saturated carbocycles. The van der Waals surface area contributed by atoms with Crippen molar-refractivity contribution in [3.8, 4) is 0 Å². The van der Waals surface area contributed by atoms with Crippen molar-refractivity contribution in [1.29, 1.82) is 0 Å². The molecule has 3 rings (SSSR count). The SMILES string of the molecule is Cn1c(CN)c(Br)n2c3cccc(Cl)c3nc12. The maximum atomic E-state index is 6.14. The van der Waals surface area contributed by atoms with Gasteiger partial charge in [0.2, 0.25) is 5.78 Å². The number of halogens is 2. The summed E-state index contributed by atoms with van der Waals surface area (Å²) in [6, 6.07) is 5.75. The average molecular weight is 314 g/mol. The van der Waals surface area contributed by atoms with E-state index >= 15 is 0 Å². The predicted molar refractivity (Wildman–Crippen MR) is 72.3 cm³/mol. The van der Waals surface area contributed by atoms with Crippen molar-refractivity contribution >= 4 is 44.3 Å². The van der Waals surface area contributed by atoms with Crippen molar-refractivity contribution in [2.45, 2.75) is 6.54 Å². The lowest BCUT2D eigenvalue weighted by Crippen LogP contribution is -2.04. The molecule has 0 fully saturated rings. The molecule has 17 heavy (non-hydrogen) atoms. The largest absolute Gasteiger partial charge is 0.325 e. The van der Waals surface area contributed by atoms with Crippen LogP contribution in [0.15, 0.2) is 22.8 Å². The molecule has 0 atom stereocenters. The second-order valence-corrected chi connectivity index (χ2v) is 5.01. The Morgan fingerprint density at radius 2 is 2.24 bits per heavy atom. The number of benzene rings is 1. The minimum absolute atomic E-state index is 0.461. The van der Waals surface area contributed by atoms with Crippen LogP contribution in [0.2, 0.25) is 5.02 Å². The van der Waals surface area contributed by atoms with Crippen LogP contribution in [0.5, 0.6) is 0 Å². The number of aryl methyl sites for hydroxylation is 1.